The lowest BCUT2D eigenvalue weighted by atomic mass is 9.95. The van der Waals surface area contributed by atoms with Crippen molar-refractivity contribution < 1.29 is 4.42 Å². The van der Waals surface area contributed by atoms with Gasteiger partial charge in [0.05, 0.1) is 5.57 Å². The molecule has 1 heterocycles. The van der Waals surface area contributed by atoms with Gasteiger partial charge in [-0.3, -0.25) is 0 Å². The van der Waals surface area contributed by atoms with E-state index in [1.165, 1.54) is 0 Å². The van der Waals surface area contributed by atoms with E-state index in [1.807, 2.05) is 26.8 Å². The maximum atomic E-state index is 6.08. The van der Waals surface area contributed by atoms with Gasteiger partial charge in [-0.25, -0.2) is 0 Å². The van der Waals surface area contributed by atoms with Crippen LogP contribution in [0.2, 0.25) is 0 Å². The van der Waals surface area contributed by atoms with Gasteiger partial charge in [-0.1, -0.05) is 46.4 Å². The SMILES string of the molecule is C=C/C(=C(\C(N)=C/C)c1nnc(C(C)C)o1)C(C)C. The normalized spacial score (nSPS) is 13.9. The Labute approximate surface area is 115 Å². The number of allylic oxidation sites excluding steroid dienone is 4. The first-order valence-electron chi connectivity index (χ1n) is 6.54. The summed E-state index contributed by atoms with van der Waals surface area (Å²) in [6.07, 6.45) is 3.63. The van der Waals surface area contributed by atoms with Crippen LogP contribution >= 0.6 is 0 Å². The molecule has 0 saturated carbocycles. The van der Waals surface area contributed by atoms with E-state index in [-0.39, 0.29) is 11.8 Å². The molecule has 0 fully saturated rings. The van der Waals surface area contributed by atoms with Crippen molar-refractivity contribution in [1.82, 2.24) is 10.2 Å². The summed E-state index contributed by atoms with van der Waals surface area (Å²) < 4.78 is 5.71. The van der Waals surface area contributed by atoms with Gasteiger partial charge < -0.3 is 10.2 Å². The third-order valence-electron chi connectivity index (χ3n) is 2.88. The molecule has 0 amide bonds. The van der Waals surface area contributed by atoms with E-state index < -0.39 is 0 Å². The Balaban J connectivity index is 3.44. The van der Waals surface area contributed by atoms with Crippen LogP contribution in [0.25, 0.3) is 5.57 Å². The molecule has 0 spiro atoms. The van der Waals surface area contributed by atoms with Gasteiger partial charge in [0, 0.05) is 11.6 Å². The molecule has 0 unspecified atom stereocenters. The number of hydrogen-bond acceptors (Lipinski definition) is 4. The summed E-state index contributed by atoms with van der Waals surface area (Å²) in [6, 6.07) is 0. The number of aromatic nitrogens is 2. The van der Waals surface area contributed by atoms with Crippen molar-refractivity contribution in [2.75, 3.05) is 0 Å². The lowest BCUT2D eigenvalue weighted by molar-refractivity contribution is 0.460. The van der Waals surface area contributed by atoms with Crippen molar-refractivity contribution in [3.05, 3.63) is 41.8 Å². The highest BCUT2D eigenvalue weighted by Crippen LogP contribution is 2.29. The van der Waals surface area contributed by atoms with Crippen LogP contribution < -0.4 is 5.73 Å². The Kier molecular flexibility index (Phi) is 5.10. The molecule has 0 aliphatic heterocycles. The zero-order valence-electron chi connectivity index (χ0n) is 12.4. The molecule has 0 aliphatic rings. The first kappa shape index (κ1) is 15.2. The molecule has 1 rings (SSSR count). The fourth-order valence-corrected chi connectivity index (χ4v) is 1.75. The van der Waals surface area contributed by atoms with Crippen LogP contribution in [0.15, 0.2) is 34.4 Å². The van der Waals surface area contributed by atoms with Crippen LogP contribution in [0, 0.1) is 5.92 Å². The van der Waals surface area contributed by atoms with Gasteiger partial charge >= 0.3 is 0 Å². The molecule has 0 aliphatic carbocycles. The van der Waals surface area contributed by atoms with Gasteiger partial charge in [0.1, 0.15) is 0 Å². The maximum absolute atomic E-state index is 6.08. The van der Waals surface area contributed by atoms with Gasteiger partial charge in [0.25, 0.3) is 0 Å². The average Bonchev–Trinajstić information content (AvgIpc) is 2.83. The standard InChI is InChI=1S/C15H23N3O/c1-7-11(9(3)4)13(12(16)8-2)15-18-17-14(19-15)10(5)6/h7-10H,1,16H2,2-6H3/b12-8+,13-11-. The van der Waals surface area contributed by atoms with Gasteiger partial charge in [0.15, 0.2) is 0 Å². The van der Waals surface area contributed by atoms with Crippen LogP contribution in [0.4, 0.5) is 0 Å². The van der Waals surface area contributed by atoms with Crippen molar-refractivity contribution >= 4 is 5.57 Å². The van der Waals surface area contributed by atoms with E-state index in [9.17, 15) is 0 Å². The summed E-state index contributed by atoms with van der Waals surface area (Å²) >= 11 is 0. The van der Waals surface area contributed by atoms with E-state index in [0.29, 0.717) is 17.5 Å². The van der Waals surface area contributed by atoms with Crippen molar-refractivity contribution in [3.63, 3.8) is 0 Å². The van der Waals surface area contributed by atoms with Crippen LogP contribution in [-0.2, 0) is 0 Å². The largest absolute Gasteiger partial charge is 0.420 e. The van der Waals surface area contributed by atoms with Gasteiger partial charge in [-0.15, -0.1) is 10.2 Å². The van der Waals surface area contributed by atoms with Crippen LogP contribution in [0.1, 0.15) is 52.3 Å². The minimum absolute atomic E-state index is 0.195. The highest BCUT2D eigenvalue weighted by molar-refractivity contribution is 5.78. The van der Waals surface area contributed by atoms with Crippen molar-refractivity contribution in [3.8, 4) is 0 Å². The zero-order valence-corrected chi connectivity index (χ0v) is 12.4. The molecule has 0 aromatic carbocycles. The minimum atomic E-state index is 0.195. The smallest absolute Gasteiger partial charge is 0.250 e. The Bertz CT molecular complexity index is 507. The van der Waals surface area contributed by atoms with Crippen molar-refractivity contribution in [2.24, 2.45) is 11.7 Å². The monoisotopic (exact) mass is 261 g/mol. The molecular weight excluding hydrogens is 238 g/mol. The van der Waals surface area contributed by atoms with Gasteiger partial charge in [0.2, 0.25) is 11.8 Å². The number of hydrogen-bond donors (Lipinski definition) is 1. The van der Waals surface area contributed by atoms with Crippen molar-refractivity contribution in [2.45, 2.75) is 40.5 Å². The molecule has 2 N–H and O–H groups in total. The Morgan fingerprint density at radius 1 is 1.26 bits per heavy atom. The minimum Gasteiger partial charge on any atom is -0.420 e. The molecule has 19 heavy (non-hydrogen) atoms. The summed E-state index contributed by atoms with van der Waals surface area (Å²) in [5.41, 5.74) is 8.50. The molecule has 0 atom stereocenters. The van der Waals surface area contributed by atoms with E-state index in [1.54, 1.807) is 6.08 Å². The highest BCUT2D eigenvalue weighted by atomic mass is 16.4. The van der Waals surface area contributed by atoms with E-state index >= 15 is 0 Å². The summed E-state index contributed by atoms with van der Waals surface area (Å²) in [5, 5.41) is 8.18. The topological polar surface area (TPSA) is 64.9 Å². The Morgan fingerprint density at radius 2 is 1.89 bits per heavy atom. The number of rotatable bonds is 5. The average molecular weight is 261 g/mol. The van der Waals surface area contributed by atoms with E-state index in [4.69, 9.17) is 10.2 Å². The third kappa shape index (κ3) is 3.34. The molecule has 0 saturated heterocycles. The lowest BCUT2D eigenvalue weighted by Crippen LogP contribution is -2.06. The summed E-state index contributed by atoms with van der Waals surface area (Å²) in [7, 11) is 0. The molecule has 1 aromatic rings. The summed E-state index contributed by atoms with van der Waals surface area (Å²) in [6.45, 7) is 13.9. The Morgan fingerprint density at radius 3 is 2.26 bits per heavy atom. The molecule has 4 heteroatoms. The van der Waals surface area contributed by atoms with Gasteiger partial charge in [-0.2, -0.15) is 0 Å². The first-order valence-corrected chi connectivity index (χ1v) is 6.54. The zero-order chi connectivity index (χ0) is 14.6. The molecule has 4 nitrogen and oxygen atoms in total. The number of nitrogens with zero attached hydrogens (tertiary/aromatic N) is 2. The second-order valence-corrected chi connectivity index (χ2v) is 5.03. The predicted octanol–water partition coefficient (Wildman–Crippen LogP) is 3.65. The van der Waals surface area contributed by atoms with Crippen LogP contribution in [0.5, 0.6) is 0 Å². The second-order valence-electron chi connectivity index (χ2n) is 5.03. The summed E-state index contributed by atoms with van der Waals surface area (Å²) in [4.78, 5) is 0. The maximum Gasteiger partial charge on any atom is 0.250 e. The van der Waals surface area contributed by atoms with Crippen LogP contribution in [0.3, 0.4) is 0 Å². The highest BCUT2D eigenvalue weighted by Gasteiger charge is 2.19. The van der Waals surface area contributed by atoms with Gasteiger partial charge in [-0.05, 0) is 18.4 Å². The van der Waals surface area contributed by atoms with Crippen LogP contribution in [-0.4, -0.2) is 10.2 Å². The molecule has 1 aromatic heterocycles. The fraction of sp³-hybridized carbons (Fsp3) is 0.467. The first-order chi connectivity index (χ1) is 8.92. The fourth-order valence-electron chi connectivity index (χ4n) is 1.75. The van der Waals surface area contributed by atoms with E-state index in [0.717, 1.165) is 11.1 Å². The number of nitrogens with two attached hydrogens (primary N) is 1. The molecule has 0 bridgehead atoms. The molecule has 104 valence electrons. The second kappa shape index (κ2) is 6.36. The molecular formula is C15H23N3O. The molecule has 0 radical (unpaired) electrons. The van der Waals surface area contributed by atoms with Crippen molar-refractivity contribution in [1.29, 1.82) is 0 Å². The third-order valence-corrected chi connectivity index (χ3v) is 2.88. The van der Waals surface area contributed by atoms with E-state index in [2.05, 4.69) is 30.6 Å². The quantitative estimate of drug-likeness (QED) is 0.822. The predicted molar refractivity (Wildman–Crippen MR) is 78.3 cm³/mol. The summed E-state index contributed by atoms with van der Waals surface area (Å²) in [5.74, 6) is 1.55. The Hall–Kier alpha value is -1.84. The lowest BCUT2D eigenvalue weighted by Gasteiger charge is -2.13.